The summed E-state index contributed by atoms with van der Waals surface area (Å²) in [5, 5.41) is 3.53. The van der Waals surface area contributed by atoms with Crippen molar-refractivity contribution < 1.29 is 36.1 Å². The van der Waals surface area contributed by atoms with E-state index < -0.39 is 34.2 Å². The van der Waals surface area contributed by atoms with E-state index in [1.165, 1.54) is 12.1 Å². The molecular formula is C39H48BFN2O7S. The predicted molar refractivity (Wildman–Crippen MR) is 199 cm³/mol. The van der Waals surface area contributed by atoms with E-state index >= 15 is 0 Å². The van der Waals surface area contributed by atoms with Gasteiger partial charge in [0.1, 0.15) is 17.2 Å². The van der Waals surface area contributed by atoms with Gasteiger partial charge in [-0.25, -0.2) is 12.8 Å². The van der Waals surface area contributed by atoms with Crippen LogP contribution in [-0.2, 0) is 30.7 Å². The van der Waals surface area contributed by atoms with E-state index in [9.17, 15) is 17.6 Å². The van der Waals surface area contributed by atoms with Crippen LogP contribution in [0.1, 0.15) is 88.2 Å². The van der Waals surface area contributed by atoms with E-state index in [0.717, 1.165) is 24.0 Å². The minimum Gasteiger partial charge on any atom is -0.455 e. The van der Waals surface area contributed by atoms with Gasteiger partial charge in [-0.1, -0.05) is 30.3 Å². The molecule has 1 unspecified atom stereocenters. The number of carbonyl (C=O) groups is 1. The number of amides is 1. The van der Waals surface area contributed by atoms with Crippen LogP contribution >= 0.6 is 0 Å². The lowest BCUT2D eigenvalue weighted by Gasteiger charge is -2.32. The fourth-order valence-electron chi connectivity index (χ4n) is 6.41. The number of hydrogen-bond donors (Lipinski definition) is 2. The van der Waals surface area contributed by atoms with E-state index in [1.54, 1.807) is 18.2 Å². The second-order valence-corrected chi connectivity index (χ2v) is 17.0. The molecule has 2 aliphatic rings. The van der Waals surface area contributed by atoms with Crippen molar-refractivity contribution in [3.63, 3.8) is 0 Å². The third kappa shape index (κ3) is 8.85. The molecule has 1 aromatic heterocycles. The van der Waals surface area contributed by atoms with E-state index in [1.807, 2.05) is 77.9 Å². The maximum Gasteiger partial charge on any atom is 0.458 e. The second-order valence-electron chi connectivity index (χ2n) is 15.1. The Morgan fingerprint density at radius 2 is 1.67 bits per heavy atom. The highest BCUT2D eigenvalue weighted by Gasteiger charge is 2.51. The summed E-state index contributed by atoms with van der Waals surface area (Å²) in [5.41, 5.74) is 2.51. The van der Waals surface area contributed by atoms with Crippen LogP contribution in [0.25, 0.3) is 22.3 Å². The fourth-order valence-corrected chi connectivity index (χ4v) is 7.66. The van der Waals surface area contributed by atoms with Crippen LogP contribution in [0.4, 0.5) is 10.1 Å². The largest absolute Gasteiger partial charge is 0.458 e. The summed E-state index contributed by atoms with van der Waals surface area (Å²) in [6.07, 6.45) is 2.62. The number of benzene rings is 3. The zero-order valence-corrected chi connectivity index (χ0v) is 31.1. The number of fused-ring (bicyclic) bond motifs is 1. The summed E-state index contributed by atoms with van der Waals surface area (Å²) in [6.45, 7) is 12.5. The van der Waals surface area contributed by atoms with Gasteiger partial charge in [-0.2, -0.15) is 0 Å². The van der Waals surface area contributed by atoms with Gasteiger partial charge >= 0.3 is 7.12 Å². The number of ether oxygens (including phenoxy) is 1. The molecular weight excluding hydrogens is 670 g/mol. The zero-order chi connectivity index (χ0) is 36.6. The highest BCUT2D eigenvalue weighted by molar-refractivity contribution is 7.92. The Morgan fingerprint density at radius 3 is 2.29 bits per heavy atom. The molecule has 4 aromatic rings. The van der Waals surface area contributed by atoms with Crippen molar-refractivity contribution in [2.45, 2.75) is 96.9 Å². The zero-order valence-electron chi connectivity index (χ0n) is 30.3. The van der Waals surface area contributed by atoms with Crippen LogP contribution in [0, 0.1) is 11.7 Å². The molecule has 0 radical (unpaired) electrons. The molecule has 1 aliphatic heterocycles. The molecule has 272 valence electrons. The van der Waals surface area contributed by atoms with Crippen LogP contribution in [0.3, 0.4) is 0 Å². The maximum absolute atomic E-state index is 13.8. The molecule has 2 fully saturated rings. The van der Waals surface area contributed by atoms with E-state index in [-0.39, 0.29) is 29.5 Å². The molecule has 1 saturated carbocycles. The molecule has 2 heterocycles. The van der Waals surface area contributed by atoms with Crippen molar-refractivity contribution in [1.29, 1.82) is 0 Å². The lowest BCUT2D eigenvalue weighted by Crippen LogP contribution is -2.41. The van der Waals surface area contributed by atoms with Gasteiger partial charge in [0.05, 0.1) is 34.8 Å². The number of halogens is 1. The third-order valence-corrected chi connectivity index (χ3v) is 11.3. The molecule has 51 heavy (non-hydrogen) atoms. The van der Waals surface area contributed by atoms with Crippen LogP contribution in [-0.4, -0.2) is 51.0 Å². The fraction of sp³-hybridized carbons (Fsp3) is 0.462. The number of furan rings is 1. The van der Waals surface area contributed by atoms with Crippen molar-refractivity contribution in [3.05, 3.63) is 89.2 Å². The Kier molecular flexibility index (Phi) is 10.7. The number of anilines is 1. The Labute approximate surface area is 300 Å². The summed E-state index contributed by atoms with van der Waals surface area (Å²) >= 11 is 0. The monoisotopic (exact) mass is 718 g/mol. The highest BCUT2D eigenvalue weighted by atomic mass is 32.2. The third-order valence-electron chi connectivity index (χ3n) is 9.98. The van der Waals surface area contributed by atoms with Gasteiger partial charge in [0, 0.05) is 29.7 Å². The lowest BCUT2D eigenvalue weighted by molar-refractivity contribution is 0.00578. The van der Waals surface area contributed by atoms with Crippen molar-refractivity contribution in [1.82, 2.24) is 5.32 Å². The standard InChI is InChI=1S/C39H48BFN2O7S/c1-25(2)42-37(44)35-32-20-31(28-12-13-28)33(21-34(32)48-36(35)29-14-16-30(41)17-15-29)43-51(45,46)19-18-27(24-47-23-26-10-8-7-9-11-26)22-40-49-38(3,4)39(5,6)50-40/h7-11,14-17,20-21,25,27-28,43H,12-13,18-19,22-24H2,1-6H3,(H,42,44). The molecule has 12 heteroatoms. The molecule has 0 spiro atoms. The summed E-state index contributed by atoms with van der Waals surface area (Å²) in [6, 6.07) is 19.0. The smallest absolute Gasteiger partial charge is 0.455 e. The first-order chi connectivity index (χ1) is 24.1. The molecule has 2 N–H and O–H groups in total. The quantitative estimate of drug-likeness (QED) is 0.119. The minimum atomic E-state index is -3.83. The Morgan fingerprint density at radius 1 is 1.00 bits per heavy atom. The first-order valence-corrected chi connectivity index (χ1v) is 19.4. The van der Waals surface area contributed by atoms with Gasteiger partial charge in [-0.05, 0) is 120 Å². The van der Waals surface area contributed by atoms with Gasteiger partial charge < -0.3 is 23.8 Å². The van der Waals surface area contributed by atoms with Crippen molar-refractivity contribution in [2.75, 3.05) is 17.1 Å². The highest BCUT2D eigenvalue weighted by Crippen LogP contribution is 2.47. The normalized spacial score (nSPS) is 17.6. The molecule has 1 amide bonds. The molecule has 3 aromatic carbocycles. The first kappa shape index (κ1) is 37.1. The number of carbonyl (C=O) groups excluding carboxylic acids is 1. The topological polar surface area (TPSA) is 116 Å². The molecule has 1 aliphatic carbocycles. The van der Waals surface area contributed by atoms with E-state index in [2.05, 4.69) is 10.0 Å². The number of nitrogens with one attached hydrogen (secondary N) is 2. The molecule has 0 bridgehead atoms. The van der Waals surface area contributed by atoms with Crippen molar-refractivity contribution >= 4 is 39.7 Å². The average Bonchev–Trinajstić information content (AvgIpc) is 3.79. The van der Waals surface area contributed by atoms with Gasteiger partial charge in [0.2, 0.25) is 10.0 Å². The molecule has 6 rings (SSSR count). The van der Waals surface area contributed by atoms with Crippen molar-refractivity contribution in [2.24, 2.45) is 5.92 Å². The minimum absolute atomic E-state index is 0.130. The summed E-state index contributed by atoms with van der Waals surface area (Å²) in [7, 11) is -4.31. The predicted octanol–water partition coefficient (Wildman–Crippen LogP) is 8.31. The van der Waals surface area contributed by atoms with Gasteiger partial charge in [0.25, 0.3) is 5.91 Å². The SMILES string of the molecule is CC(C)NC(=O)c1c(-c2ccc(F)cc2)oc2cc(NS(=O)(=O)CCC(COCc3ccccc3)CB3OC(C)(C)C(C)(C)O3)c(C3CC3)cc12. The van der Waals surface area contributed by atoms with Crippen LogP contribution in [0.2, 0.25) is 6.32 Å². The maximum atomic E-state index is 13.8. The summed E-state index contributed by atoms with van der Waals surface area (Å²) < 4.78 is 69.1. The Bertz CT molecular complexity index is 1940. The number of hydrogen-bond acceptors (Lipinski definition) is 7. The van der Waals surface area contributed by atoms with Gasteiger partial charge in [0.15, 0.2) is 0 Å². The molecule has 9 nitrogen and oxygen atoms in total. The van der Waals surface area contributed by atoms with Crippen molar-refractivity contribution in [3.8, 4) is 11.3 Å². The van der Waals surface area contributed by atoms with Crippen LogP contribution < -0.4 is 10.0 Å². The van der Waals surface area contributed by atoms with E-state index in [4.69, 9.17) is 18.5 Å². The average molecular weight is 719 g/mol. The number of sulfonamides is 1. The van der Waals surface area contributed by atoms with Gasteiger partial charge in [-0.3, -0.25) is 9.52 Å². The second kappa shape index (κ2) is 14.7. The lowest BCUT2D eigenvalue weighted by atomic mass is 9.76. The summed E-state index contributed by atoms with van der Waals surface area (Å²) in [5.74, 6) is -0.575. The van der Waals surface area contributed by atoms with E-state index in [0.29, 0.717) is 59.5 Å². The Balaban J connectivity index is 1.24. The first-order valence-electron chi connectivity index (χ1n) is 17.8. The molecule has 1 saturated heterocycles. The van der Waals surface area contributed by atoms with Crippen LogP contribution in [0.5, 0.6) is 0 Å². The summed E-state index contributed by atoms with van der Waals surface area (Å²) in [4.78, 5) is 13.5. The Hall–Kier alpha value is -3.71. The van der Waals surface area contributed by atoms with Gasteiger partial charge in [-0.15, -0.1) is 0 Å². The molecule has 1 atom stereocenters. The van der Waals surface area contributed by atoms with Crippen LogP contribution in [0.15, 0.2) is 71.1 Å². The number of rotatable bonds is 15.